The van der Waals surface area contributed by atoms with Crippen molar-refractivity contribution in [2.75, 3.05) is 13.1 Å². The van der Waals surface area contributed by atoms with Crippen molar-refractivity contribution in [3.8, 4) is 0 Å². The van der Waals surface area contributed by atoms with E-state index in [9.17, 15) is 0 Å². The maximum absolute atomic E-state index is 6.32. The lowest BCUT2D eigenvalue weighted by molar-refractivity contribution is 0.337. The van der Waals surface area contributed by atoms with E-state index in [1.54, 1.807) is 0 Å². The van der Waals surface area contributed by atoms with Crippen LogP contribution in [0.4, 0.5) is 0 Å². The van der Waals surface area contributed by atoms with E-state index in [1.165, 1.54) is 36.1 Å². The predicted octanol–water partition coefficient (Wildman–Crippen LogP) is 2.69. The molecule has 94 valence electrons. The van der Waals surface area contributed by atoms with E-state index in [1.807, 2.05) is 0 Å². The molecule has 2 rings (SSSR count). The number of aryl methyl sites for hydroxylation is 2. The summed E-state index contributed by atoms with van der Waals surface area (Å²) in [5.74, 6) is 0.750. The van der Waals surface area contributed by atoms with Crippen molar-refractivity contribution in [2.45, 2.75) is 39.2 Å². The molecule has 0 aromatic heterocycles. The summed E-state index contributed by atoms with van der Waals surface area (Å²) in [7, 11) is 0. The largest absolute Gasteiger partial charge is 0.324 e. The Balaban J connectivity index is 1.98. The van der Waals surface area contributed by atoms with Gasteiger partial charge in [0.15, 0.2) is 0 Å². The minimum atomic E-state index is 0.194. The normalized spacial score (nSPS) is 22.4. The quantitative estimate of drug-likeness (QED) is 0.841. The maximum atomic E-state index is 6.32. The van der Waals surface area contributed by atoms with Gasteiger partial charge in [-0.05, 0) is 68.8 Å². The molecule has 2 nitrogen and oxygen atoms in total. The molecule has 0 amide bonds. The lowest BCUT2D eigenvalue weighted by atomic mass is 9.89. The summed E-state index contributed by atoms with van der Waals surface area (Å²) in [6, 6.07) is 6.81. The number of nitrogens with one attached hydrogen (secondary N) is 1. The van der Waals surface area contributed by atoms with Gasteiger partial charge in [-0.2, -0.15) is 0 Å². The molecule has 2 atom stereocenters. The van der Waals surface area contributed by atoms with Crippen LogP contribution in [-0.4, -0.2) is 13.1 Å². The lowest BCUT2D eigenvalue weighted by Crippen LogP contribution is -2.31. The first-order valence-electron chi connectivity index (χ1n) is 6.70. The summed E-state index contributed by atoms with van der Waals surface area (Å²) in [6.45, 7) is 6.62. The molecule has 1 aliphatic rings. The highest BCUT2D eigenvalue weighted by atomic mass is 14.9. The van der Waals surface area contributed by atoms with Gasteiger partial charge in [0.05, 0.1) is 0 Å². The fraction of sp³-hybridized carbons (Fsp3) is 0.600. The lowest BCUT2D eigenvalue weighted by Gasteiger charge is -2.25. The van der Waals surface area contributed by atoms with Crippen molar-refractivity contribution in [1.82, 2.24) is 5.32 Å². The Morgan fingerprint density at radius 3 is 2.82 bits per heavy atom. The summed E-state index contributed by atoms with van der Waals surface area (Å²) in [6.07, 6.45) is 3.73. The fourth-order valence-electron chi connectivity index (χ4n) is 2.62. The monoisotopic (exact) mass is 232 g/mol. The van der Waals surface area contributed by atoms with Crippen molar-refractivity contribution < 1.29 is 0 Å². The Bertz CT molecular complexity index is 367. The van der Waals surface area contributed by atoms with Gasteiger partial charge in [-0.15, -0.1) is 0 Å². The van der Waals surface area contributed by atoms with Crippen molar-refractivity contribution >= 4 is 0 Å². The number of benzene rings is 1. The highest BCUT2D eigenvalue weighted by molar-refractivity contribution is 5.31. The molecule has 1 heterocycles. The van der Waals surface area contributed by atoms with Crippen LogP contribution in [0.1, 0.15) is 42.0 Å². The summed E-state index contributed by atoms with van der Waals surface area (Å²) in [5.41, 5.74) is 10.3. The second-order valence-electron chi connectivity index (χ2n) is 5.40. The summed E-state index contributed by atoms with van der Waals surface area (Å²) in [4.78, 5) is 0. The molecule has 1 fully saturated rings. The number of piperidine rings is 1. The van der Waals surface area contributed by atoms with Crippen molar-refractivity contribution in [1.29, 1.82) is 0 Å². The van der Waals surface area contributed by atoms with Crippen LogP contribution in [0, 0.1) is 19.8 Å². The molecular weight excluding hydrogens is 208 g/mol. The van der Waals surface area contributed by atoms with Gasteiger partial charge in [0, 0.05) is 6.04 Å². The van der Waals surface area contributed by atoms with Crippen LogP contribution in [0.15, 0.2) is 18.2 Å². The third-order valence-corrected chi connectivity index (χ3v) is 3.95. The molecule has 2 heteroatoms. The van der Waals surface area contributed by atoms with Crippen LogP contribution in [-0.2, 0) is 0 Å². The molecule has 1 saturated heterocycles. The smallest absolute Gasteiger partial charge is 0.0298 e. The molecule has 0 bridgehead atoms. The zero-order valence-corrected chi connectivity index (χ0v) is 11.0. The zero-order chi connectivity index (χ0) is 12.3. The van der Waals surface area contributed by atoms with E-state index in [4.69, 9.17) is 5.73 Å². The van der Waals surface area contributed by atoms with Gasteiger partial charge in [-0.3, -0.25) is 0 Å². The van der Waals surface area contributed by atoms with Crippen LogP contribution in [0.25, 0.3) is 0 Å². The van der Waals surface area contributed by atoms with Crippen LogP contribution < -0.4 is 11.1 Å². The van der Waals surface area contributed by atoms with Gasteiger partial charge in [0.25, 0.3) is 0 Å². The standard InChI is InChI=1S/C15H24N2/c1-11-5-6-14(8-12(11)2)15(16)9-13-4-3-7-17-10-13/h5-6,8,13,15,17H,3-4,7,9-10,16H2,1-2H3. The van der Waals surface area contributed by atoms with Crippen molar-refractivity contribution in [2.24, 2.45) is 11.7 Å². The van der Waals surface area contributed by atoms with E-state index < -0.39 is 0 Å². The first-order chi connectivity index (χ1) is 8.16. The number of hydrogen-bond acceptors (Lipinski definition) is 2. The predicted molar refractivity (Wildman–Crippen MR) is 73.1 cm³/mol. The molecule has 1 aromatic carbocycles. The van der Waals surface area contributed by atoms with Crippen LogP contribution in [0.3, 0.4) is 0 Å². The molecule has 3 N–H and O–H groups in total. The second kappa shape index (κ2) is 5.65. The molecule has 0 radical (unpaired) electrons. The number of hydrogen-bond donors (Lipinski definition) is 2. The van der Waals surface area contributed by atoms with Gasteiger partial charge in [-0.1, -0.05) is 18.2 Å². The Labute approximate surface area is 105 Å². The SMILES string of the molecule is Cc1ccc(C(N)CC2CCCNC2)cc1C. The van der Waals surface area contributed by atoms with Gasteiger partial charge in [0.1, 0.15) is 0 Å². The molecular formula is C15H24N2. The zero-order valence-electron chi connectivity index (χ0n) is 11.0. The van der Waals surface area contributed by atoms with Crippen LogP contribution in [0.5, 0.6) is 0 Å². The van der Waals surface area contributed by atoms with Crippen LogP contribution >= 0.6 is 0 Å². The first kappa shape index (κ1) is 12.6. The van der Waals surface area contributed by atoms with E-state index in [2.05, 4.69) is 37.4 Å². The molecule has 0 aliphatic carbocycles. The van der Waals surface area contributed by atoms with Crippen molar-refractivity contribution in [3.05, 3.63) is 34.9 Å². The minimum Gasteiger partial charge on any atom is -0.324 e. The average molecular weight is 232 g/mol. The molecule has 0 saturated carbocycles. The fourth-order valence-corrected chi connectivity index (χ4v) is 2.62. The first-order valence-corrected chi connectivity index (χ1v) is 6.70. The Kier molecular flexibility index (Phi) is 4.19. The van der Waals surface area contributed by atoms with E-state index in [-0.39, 0.29) is 6.04 Å². The summed E-state index contributed by atoms with van der Waals surface area (Å²) >= 11 is 0. The van der Waals surface area contributed by atoms with Gasteiger partial charge in [-0.25, -0.2) is 0 Å². The molecule has 1 aromatic rings. The Hall–Kier alpha value is -0.860. The average Bonchev–Trinajstić information content (AvgIpc) is 2.34. The van der Waals surface area contributed by atoms with Crippen molar-refractivity contribution in [3.63, 3.8) is 0 Å². The van der Waals surface area contributed by atoms with Crippen LogP contribution in [0.2, 0.25) is 0 Å². The summed E-state index contributed by atoms with van der Waals surface area (Å²) < 4.78 is 0. The number of rotatable bonds is 3. The van der Waals surface area contributed by atoms with Gasteiger partial charge < -0.3 is 11.1 Å². The maximum Gasteiger partial charge on any atom is 0.0298 e. The van der Waals surface area contributed by atoms with E-state index >= 15 is 0 Å². The third-order valence-electron chi connectivity index (χ3n) is 3.95. The van der Waals surface area contributed by atoms with Gasteiger partial charge >= 0.3 is 0 Å². The highest BCUT2D eigenvalue weighted by Gasteiger charge is 2.17. The van der Waals surface area contributed by atoms with Gasteiger partial charge in [0.2, 0.25) is 0 Å². The van der Waals surface area contributed by atoms with E-state index in [0.717, 1.165) is 18.9 Å². The topological polar surface area (TPSA) is 38.0 Å². The number of nitrogens with two attached hydrogens (primary N) is 1. The summed E-state index contributed by atoms with van der Waals surface area (Å²) in [5, 5.41) is 3.46. The minimum absolute atomic E-state index is 0.194. The molecule has 2 unspecified atom stereocenters. The molecule has 17 heavy (non-hydrogen) atoms. The highest BCUT2D eigenvalue weighted by Crippen LogP contribution is 2.24. The second-order valence-corrected chi connectivity index (χ2v) is 5.40. The van der Waals surface area contributed by atoms with E-state index in [0.29, 0.717) is 0 Å². The third kappa shape index (κ3) is 3.30. The molecule has 0 spiro atoms. The Morgan fingerprint density at radius 1 is 1.35 bits per heavy atom. The molecule has 1 aliphatic heterocycles. The Morgan fingerprint density at radius 2 is 2.18 bits per heavy atom.